The lowest BCUT2D eigenvalue weighted by Gasteiger charge is -2.32. The molecule has 1 atom stereocenters. The monoisotopic (exact) mass is 461 g/mol. The molecule has 34 heavy (non-hydrogen) atoms. The molecule has 6 rings (SSSR count). The van der Waals surface area contributed by atoms with Crippen LogP contribution in [0.25, 0.3) is 28.1 Å². The number of nitrogens with zero attached hydrogens (tertiary/aromatic N) is 5. The largest absolute Gasteiger partial charge is 0.476 e. The molecule has 9 heteroatoms. The molecule has 0 radical (unpaired) electrons. The summed E-state index contributed by atoms with van der Waals surface area (Å²) in [5.74, 6) is 3.00. The third kappa shape index (κ3) is 3.90. The van der Waals surface area contributed by atoms with Crippen LogP contribution in [-0.2, 0) is 4.79 Å². The number of imidazole rings is 1. The number of aromatic nitrogens is 4. The summed E-state index contributed by atoms with van der Waals surface area (Å²) in [5, 5.41) is 15.0. The predicted octanol–water partition coefficient (Wildman–Crippen LogP) is 3.49. The molecule has 0 unspecified atom stereocenters. The van der Waals surface area contributed by atoms with E-state index in [1.807, 2.05) is 18.2 Å². The molecule has 4 aromatic heterocycles. The Labute approximate surface area is 196 Å². The first kappa shape index (κ1) is 21.1. The number of aliphatic hydroxyl groups is 1. The fourth-order valence-electron chi connectivity index (χ4n) is 4.99. The van der Waals surface area contributed by atoms with E-state index < -0.39 is 0 Å². The number of pyridine rings is 1. The zero-order valence-electron chi connectivity index (χ0n) is 18.9. The average molecular weight is 462 g/mol. The lowest BCUT2D eigenvalue weighted by atomic mass is 9.98. The maximum absolute atomic E-state index is 11.5. The second-order valence-electron chi connectivity index (χ2n) is 9.31. The molecule has 5 heterocycles. The molecule has 1 aliphatic heterocycles. The summed E-state index contributed by atoms with van der Waals surface area (Å²) in [6, 6.07) is 7.54. The Kier molecular flexibility index (Phi) is 5.41. The fraction of sp³-hybridized carbons (Fsp3) is 0.440. The van der Waals surface area contributed by atoms with Crippen molar-refractivity contribution in [2.45, 2.75) is 32.1 Å². The highest BCUT2D eigenvalue weighted by molar-refractivity contribution is 5.92. The highest BCUT2D eigenvalue weighted by Gasteiger charge is 2.24. The molecular weight excluding hydrogens is 434 g/mol. The number of hydrogen-bond acceptors (Lipinski definition) is 8. The van der Waals surface area contributed by atoms with Crippen molar-refractivity contribution in [2.24, 2.45) is 11.8 Å². The standard InChI is InChI=1S/C25H27N5O4/c31-14-16-6-9-29(10-7-16)25-19-12-22(34-21(19)5-8-26-25)20-13-27-23-3-4-24(28-30(20)23)33-15-17-1-2-18(32)11-17/h3-5,8,12-13,16-17,31H,1-2,6-7,9-11,14-15H2/t17-/m0/s1. The van der Waals surface area contributed by atoms with Gasteiger partial charge in [-0.25, -0.2) is 14.5 Å². The molecular formula is C25H27N5O4. The van der Waals surface area contributed by atoms with Crippen molar-refractivity contribution in [3.8, 4) is 17.3 Å². The summed E-state index contributed by atoms with van der Waals surface area (Å²) >= 11 is 0. The molecule has 4 aromatic rings. The highest BCUT2D eigenvalue weighted by Crippen LogP contribution is 2.34. The summed E-state index contributed by atoms with van der Waals surface area (Å²) in [5.41, 5.74) is 2.19. The lowest BCUT2D eigenvalue weighted by molar-refractivity contribution is -0.117. The molecule has 176 valence electrons. The van der Waals surface area contributed by atoms with Gasteiger partial charge in [-0.3, -0.25) is 4.79 Å². The SMILES string of the molecule is O=C1CC[C@H](COc2ccc3ncc(-c4cc5c(N6CCC(CO)CC6)nccc5o4)n3n2)C1. The summed E-state index contributed by atoms with van der Waals surface area (Å²) in [4.78, 5) is 22.9. The first-order valence-electron chi connectivity index (χ1n) is 11.9. The molecule has 0 spiro atoms. The van der Waals surface area contributed by atoms with Gasteiger partial charge in [0.25, 0.3) is 0 Å². The van der Waals surface area contributed by atoms with E-state index in [0.717, 1.165) is 54.8 Å². The number of aliphatic hydroxyl groups excluding tert-OH is 1. The number of ether oxygens (including phenoxy) is 1. The summed E-state index contributed by atoms with van der Waals surface area (Å²) in [6.07, 6.45) is 7.54. The predicted molar refractivity (Wildman–Crippen MR) is 126 cm³/mol. The molecule has 0 amide bonds. The van der Waals surface area contributed by atoms with Crippen molar-refractivity contribution >= 4 is 28.2 Å². The molecule has 2 fully saturated rings. The molecule has 2 aliphatic rings. The van der Waals surface area contributed by atoms with Gasteiger partial charge in [0.1, 0.15) is 22.9 Å². The van der Waals surface area contributed by atoms with Crippen LogP contribution in [0.5, 0.6) is 5.88 Å². The summed E-state index contributed by atoms with van der Waals surface area (Å²) in [6.45, 7) is 2.46. The van der Waals surface area contributed by atoms with E-state index in [2.05, 4.69) is 20.0 Å². The second-order valence-corrected chi connectivity index (χ2v) is 9.31. The van der Waals surface area contributed by atoms with Crippen LogP contribution < -0.4 is 9.64 Å². The van der Waals surface area contributed by atoms with E-state index >= 15 is 0 Å². The number of anilines is 1. The van der Waals surface area contributed by atoms with Crippen LogP contribution in [0.4, 0.5) is 5.82 Å². The Balaban J connectivity index is 1.28. The molecule has 9 nitrogen and oxygen atoms in total. The minimum Gasteiger partial charge on any atom is -0.476 e. The lowest BCUT2D eigenvalue weighted by Crippen LogP contribution is -2.35. The molecule has 1 saturated carbocycles. The van der Waals surface area contributed by atoms with Gasteiger partial charge in [0.2, 0.25) is 5.88 Å². The number of carbonyl (C=O) groups excluding carboxylic acids is 1. The Morgan fingerprint density at radius 3 is 2.79 bits per heavy atom. The van der Waals surface area contributed by atoms with Crippen molar-refractivity contribution in [2.75, 3.05) is 31.2 Å². The van der Waals surface area contributed by atoms with Gasteiger partial charge in [-0.1, -0.05) is 0 Å². The first-order valence-corrected chi connectivity index (χ1v) is 11.9. The number of carbonyl (C=O) groups is 1. The number of piperidine rings is 1. The van der Waals surface area contributed by atoms with Gasteiger partial charge in [-0.15, -0.1) is 5.10 Å². The van der Waals surface area contributed by atoms with Gasteiger partial charge in [-0.2, -0.15) is 0 Å². The zero-order chi connectivity index (χ0) is 23.1. The van der Waals surface area contributed by atoms with Gasteiger partial charge in [0.15, 0.2) is 11.4 Å². The molecule has 1 saturated heterocycles. The van der Waals surface area contributed by atoms with Crippen LogP contribution in [0.3, 0.4) is 0 Å². The van der Waals surface area contributed by atoms with Gasteiger partial charge >= 0.3 is 0 Å². The topological polar surface area (TPSA) is 106 Å². The molecule has 1 aliphatic carbocycles. The maximum atomic E-state index is 11.5. The maximum Gasteiger partial charge on any atom is 0.231 e. The van der Waals surface area contributed by atoms with Gasteiger partial charge in [0, 0.05) is 50.7 Å². The van der Waals surface area contributed by atoms with E-state index in [9.17, 15) is 9.90 Å². The minimum atomic E-state index is 0.243. The van der Waals surface area contributed by atoms with Crippen molar-refractivity contribution < 1.29 is 19.1 Å². The van der Waals surface area contributed by atoms with E-state index in [4.69, 9.17) is 9.15 Å². The number of hydrogen-bond donors (Lipinski definition) is 1. The van der Waals surface area contributed by atoms with Crippen LogP contribution in [-0.4, -0.2) is 56.8 Å². The number of furan rings is 1. The van der Waals surface area contributed by atoms with Gasteiger partial charge < -0.3 is 19.2 Å². The third-order valence-electron chi connectivity index (χ3n) is 7.00. The third-order valence-corrected chi connectivity index (χ3v) is 7.00. The van der Waals surface area contributed by atoms with Crippen molar-refractivity contribution in [1.29, 1.82) is 0 Å². The highest BCUT2D eigenvalue weighted by atomic mass is 16.5. The Morgan fingerprint density at radius 1 is 1.12 bits per heavy atom. The van der Waals surface area contributed by atoms with E-state index in [0.29, 0.717) is 48.4 Å². The van der Waals surface area contributed by atoms with Crippen LogP contribution in [0.15, 0.2) is 41.1 Å². The van der Waals surface area contributed by atoms with Crippen LogP contribution >= 0.6 is 0 Å². The Morgan fingerprint density at radius 2 is 2.00 bits per heavy atom. The Hall–Kier alpha value is -3.46. The first-order chi connectivity index (χ1) is 16.7. The van der Waals surface area contributed by atoms with Crippen LogP contribution in [0, 0.1) is 11.8 Å². The summed E-state index contributed by atoms with van der Waals surface area (Å²) in [7, 11) is 0. The Bertz CT molecular complexity index is 1340. The fourth-order valence-corrected chi connectivity index (χ4v) is 4.99. The number of ketones is 1. The number of Topliss-reactive ketones (excluding diaryl/α,β-unsaturated/α-hetero) is 1. The smallest absolute Gasteiger partial charge is 0.231 e. The van der Waals surface area contributed by atoms with Gasteiger partial charge in [0.05, 0.1) is 18.2 Å². The minimum absolute atomic E-state index is 0.243. The summed E-state index contributed by atoms with van der Waals surface area (Å²) < 4.78 is 13.8. The number of rotatable bonds is 6. The molecule has 0 aromatic carbocycles. The van der Waals surface area contributed by atoms with E-state index in [1.165, 1.54) is 0 Å². The number of fused-ring (bicyclic) bond motifs is 2. The van der Waals surface area contributed by atoms with Crippen LogP contribution in [0.1, 0.15) is 32.1 Å². The second kappa shape index (κ2) is 8.72. The zero-order valence-corrected chi connectivity index (χ0v) is 18.9. The average Bonchev–Trinajstić information content (AvgIpc) is 3.60. The van der Waals surface area contributed by atoms with Crippen molar-refractivity contribution in [1.82, 2.24) is 19.6 Å². The van der Waals surface area contributed by atoms with Crippen molar-refractivity contribution in [3.63, 3.8) is 0 Å². The molecule has 0 bridgehead atoms. The van der Waals surface area contributed by atoms with E-state index in [-0.39, 0.29) is 12.5 Å². The van der Waals surface area contributed by atoms with Crippen molar-refractivity contribution in [3.05, 3.63) is 36.7 Å². The quantitative estimate of drug-likeness (QED) is 0.465. The normalized spacial score (nSPS) is 19.5. The molecule has 1 N–H and O–H groups in total. The van der Waals surface area contributed by atoms with Crippen LogP contribution in [0.2, 0.25) is 0 Å². The van der Waals surface area contributed by atoms with E-state index in [1.54, 1.807) is 23.0 Å². The van der Waals surface area contributed by atoms with Gasteiger partial charge in [-0.05, 0) is 43.4 Å².